The van der Waals surface area contributed by atoms with E-state index in [1.165, 1.54) is 18.2 Å². The highest BCUT2D eigenvalue weighted by atomic mass is 35.5. The van der Waals surface area contributed by atoms with E-state index in [9.17, 15) is 14.9 Å². The molecule has 0 aliphatic carbocycles. The van der Waals surface area contributed by atoms with Crippen LogP contribution in [0.15, 0.2) is 18.2 Å². The van der Waals surface area contributed by atoms with Crippen molar-refractivity contribution in [3.63, 3.8) is 0 Å². The zero-order chi connectivity index (χ0) is 15.8. The van der Waals surface area contributed by atoms with E-state index in [2.05, 4.69) is 5.32 Å². The van der Waals surface area contributed by atoms with Gasteiger partial charge < -0.3 is 10.4 Å². The number of nitro benzene ring substituents is 1. The SMILES string of the molecule is CCCC(CCO)CNC(=O)c1cc(Cl)cc([N+](=O)[O-])c1. The molecule has 0 aliphatic heterocycles. The molecule has 0 bridgehead atoms. The van der Waals surface area contributed by atoms with Crippen molar-refractivity contribution in [1.82, 2.24) is 5.32 Å². The van der Waals surface area contributed by atoms with Crippen molar-refractivity contribution in [2.75, 3.05) is 13.2 Å². The molecule has 1 amide bonds. The molecule has 1 atom stereocenters. The van der Waals surface area contributed by atoms with Crippen LogP contribution in [0.25, 0.3) is 0 Å². The lowest BCUT2D eigenvalue weighted by molar-refractivity contribution is -0.384. The van der Waals surface area contributed by atoms with Gasteiger partial charge in [-0.3, -0.25) is 14.9 Å². The summed E-state index contributed by atoms with van der Waals surface area (Å²) in [5.74, 6) is -0.210. The predicted molar refractivity (Wildman–Crippen MR) is 80.5 cm³/mol. The summed E-state index contributed by atoms with van der Waals surface area (Å²) in [6, 6.07) is 3.79. The number of carbonyl (C=O) groups excluding carboxylic acids is 1. The summed E-state index contributed by atoms with van der Waals surface area (Å²) >= 11 is 5.78. The molecule has 0 heterocycles. The van der Waals surface area contributed by atoms with Gasteiger partial charge in [-0.2, -0.15) is 0 Å². The Hall–Kier alpha value is -1.66. The maximum Gasteiger partial charge on any atom is 0.271 e. The average Bonchev–Trinajstić information content (AvgIpc) is 2.44. The number of amides is 1. The molecule has 2 N–H and O–H groups in total. The molecule has 0 saturated carbocycles. The molecule has 116 valence electrons. The second-order valence-corrected chi connectivity index (χ2v) is 5.27. The fraction of sp³-hybridized carbons (Fsp3) is 0.500. The molecule has 0 aromatic heterocycles. The van der Waals surface area contributed by atoms with E-state index < -0.39 is 10.8 Å². The quantitative estimate of drug-likeness (QED) is 0.570. The number of rotatable bonds is 8. The molecule has 21 heavy (non-hydrogen) atoms. The number of nitrogens with one attached hydrogen (secondary N) is 1. The molecule has 0 aliphatic rings. The molecule has 0 fully saturated rings. The maximum atomic E-state index is 12.0. The van der Waals surface area contributed by atoms with Crippen molar-refractivity contribution in [1.29, 1.82) is 0 Å². The van der Waals surface area contributed by atoms with Gasteiger partial charge in [0.05, 0.1) is 4.92 Å². The number of nitrogens with zero attached hydrogens (tertiary/aromatic N) is 1. The maximum absolute atomic E-state index is 12.0. The van der Waals surface area contributed by atoms with Gasteiger partial charge in [-0.15, -0.1) is 0 Å². The number of aliphatic hydroxyl groups is 1. The fourth-order valence-electron chi connectivity index (χ4n) is 2.09. The van der Waals surface area contributed by atoms with Gasteiger partial charge in [-0.1, -0.05) is 24.9 Å². The predicted octanol–water partition coefficient (Wildman–Crippen LogP) is 2.78. The van der Waals surface area contributed by atoms with Crippen molar-refractivity contribution in [3.8, 4) is 0 Å². The number of carbonyl (C=O) groups is 1. The summed E-state index contributed by atoms with van der Waals surface area (Å²) in [5, 5.41) is 22.6. The average molecular weight is 315 g/mol. The number of hydrogen-bond acceptors (Lipinski definition) is 4. The van der Waals surface area contributed by atoms with Gasteiger partial charge >= 0.3 is 0 Å². The summed E-state index contributed by atoms with van der Waals surface area (Å²) < 4.78 is 0. The normalized spacial score (nSPS) is 12.0. The minimum absolute atomic E-state index is 0.0726. The Bertz CT molecular complexity index is 502. The summed E-state index contributed by atoms with van der Waals surface area (Å²) in [6.07, 6.45) is 2.48. The van der Waals surface area contributed by atoms with Gasteiger partial charge in [0.15, 0.2) is 0 Å². The van der Waals surface area contributed by atoms with Gasteiger partial charge in [-0.05, 0) is 24.8 Å². The molecule has 1 unspecified atom stereocenters. The highest BCUT2D eigenvalue weighted by Gasteiger charge is 2.15. The Morgan fingerprint density at radius 1 is 1.43 bits per heavy atom. The van der Waals surface area contributed by atoms with E-state index in [1.807, 2.05) is 6.92 Å². The van der Waals surface area contributed by atoms with Crippen LogP contribution in [0.2, 0.25) is 5.02 Å². The first-order chi connectivity index (χ1) is 9.97. The van der Waals surface area contributed by atoms with Crippen LogP contribution in [0.1, 0.15) is 36.5 Å². The Morgan fingerprint density at radius 3 is 2.71 bits per heavy atom. The van der Waals surface area contributed by atoms with Crippen LogP contribution in [-0.2, 0) is 0 Å². The van der Waals surface area contributed by atoms with E-state index in [-0.39, 0.29) is 28.8 Å². The Balaban J connectivity index is 2.72. The first-order valence-electron chi connectivity index (χ1n) is 6.82. The molecule has 0 radical (unpaired) electrons. The number of non-ortho nitro benzene ring substituents is 1. The third-order valence-corrected chi connectivity index (χ3v) is 3.36. The lowest BCUT2D eigenvalue weighted by Crippen LogP contribution is -2.29. The number of hydrogen-bond donors (Lipinski definition) is 2. The molecule has 1 aromatic rings. The minimum Gasteiger partial charge on any atom is -0.396 e. The van der Waals surface area contributed by atoms with Gasteiger partial charge in [0, 0.05) is 35.9 Å². The third-order valence-electron chi connectivity index (χ3n) is 3.14. The number of halogens is 1. The first-order valence-corrected chi connectivity index (χ1v) is 7.19. The zero-order valence-corrected chi connectivity index (χ0v) is 12.6. The van der Waals surface area contributed by atoms with Crippen molar-refractivity contribution in [2.24, 2.45) is 5.92 Å². The summed E-state index contributed by atoms with van der Waals surface area (Å²) in [6.45, 7) is 2.53. The van der Waals surface area contributed by atoms with Crippen LogP contribution in [-0.4, -0.2) is 29.1 Å². The van der Waals surface area contributed by atoms with E-state index in [4.69, 9.17) is 16.7 Å². The van der Waals surface area contributed by atoms with E-state index >= 15 is 0 Å². The third kappa shape index (κ3) is 5.69. The van der Waals surface area contributed by atoms with Crippen molar-refractivity contribution < 1.29 is 14.8 Å². The van der Waals surface area contributed by atoms with Crippen molar-refractivity contribution >= 4 is 23.2 Å². The molecule has 6 nitrogen and oxygen atoms in total. The van der Waals surface area contributed by atoms with Gasteiger partial charge in [0.2, 0.25) is 0 Å². The Labute approximate surface area is 128 Å². The summed E-state index contributed by atoms with van der Waals surface area (Å²) in [7, 11) is 0. The smallest absolute Gasteiger partial charge is 0.271 e. The summed E-state index contributed by atoms with van der Waals surface area (Å²) in [5.41, 5.74) is -0.0541. The zero-order valence-electron chi connectivity index (χ0n) is 11.8. The van der Waals surface area contributed by atoms with E-state index in [1.54, 1.807) is 0 Å². The molecular weight excluding hydrogens is 296 g/mol. The van der Waals surface area contributed by atoms with Crippen LogP contribution >= 0.6 is 11.6 Å². The van der Waals surface area contributed by atoms with E-state index in [0.717, 1.165) is 12.8 Å². The number of nitro groups is 1. The van der Waals surface area contributed by atoms with Crippen LogP contribution in [0.3, 0.4) is 0 Å². The van der Waals surface area contributed by atoms with E-state index in [0.29, 0.717) is 13.0 Å². The largest absolute Gasteiger partial charge is 0.396 e. The monoisotopic (exact) mass is 314 g/mol. The van der Waals surface area contributed by atoms with Crippen LogP contribution in [0, 0.1) is 16.0 Å². The molecule has 0 spiro atoms. The highest BCUT2D eigenvalue weighted by molar-refractivity contribution is 6.31. The molecular formula is C14H19ClN2O4. The lowest BCUT2D eigenvalue weighted by Gasteiger charge is -2.15. The highest BCUT2D eigenvalue weighted by Crippen LogP contribution is 2.21. The minimum atomic E-state index is -0.589. The number of aliphatic hydroxyl groups excluding tert-OH is 1. The van der Waals surface area contributed by atoms with Crippen molar-refractivity contribution in [2.45, 2.75) is 26.2 Å². The standard InChI is InChI=1S/C14H19ClN2O4/c1-2-3-10(4-5-18)9-16-14(19)11-6-12(15)8-13(7-11)17(20)21/h6-8,10,18H,2-5,9H2,1H3,(H,16,19). The second-order valence-electron chi connectivity index (χ2n) is 4.83. The van der Waals surface area contributed by atoms with Gasteiger partial charge in [0.1, 0.15) is 0 Å². The van der Waals surface area contributed by atoms with Crippen molar-refractivity contribution in [3.05, 3.63) is 38.9 Å². The molecule has 0 saturated heterocycles. The van der Waals surface area contributed by atoms with Gasteiger partial charge in [0.25, 0.3) is 11.6 Å². The Morgan fingerprint density at radius 2 is 2.14 bits per heavy atom. The van der Waals surface area contributed by atoms with Crippen LogP contribution < -0.4 is 5.32 Å². The summed E-state index contributed by atoms with van der Waals surface area (Å²) in [4.78, 5) is 22.2. The van der Waals surface area contributed by atoms with Crippen LogP contribution in [0.5, 0.6) is 0 Å². The fourth-order valence-corrected chi connectivity index (χ4v) is 2.32. The number of benzene rings is 1. The Kier molecular flexibility index (Phi) is 7.11. The first kappa shape index (κ1) is 17.4. The lowest BCUT2D eigenvalue weighted by atomic mass is 10.00. The second kappa shape index (κ2) is 8.59. The molecule has 1 rings (SSSR count). The van der Waals surface area contributed by atoms with Gasteiger partial charge in [-0.25, -0.2) is 0 Å². The molecule has 1 aromatic carbocycles. The molecule has 7 heteroatoms. The van der Waals surface area contributed by atoms with Crippen LogP contribution in [0.4, 0.5) is 5.69 Å². The topological polar surface area (TPSA) is 92.5 Å².